The molecule has 0 aliphatic heterocycles. The zero-order valence-corrected chi connectivity index (χ0v) is 16.4. The largest absolute Gasteiger partial charge is 0.493 e. The molecule has 0 radical (unpaired) electrons. The highest BCUT2D eigenvalue weighted by molar-refractivity contribution is 6.12. The van der Waals surface area contributed by atoms with Gasteiger partial charge in [-0.25, -0.2) is 9.37 Å². The zero-order valence-electron chi connectivity index (χ0n) is 16.4. The number of aliphatic carboxylic acids is 1. The first-order valence-corrected chi connectivity index (χ1v) is 9.30. The number of pyridine rings is 1. The Morgan fingerprint density at radius 3 is 2.34 bits per heavy atom. The highest BCUT2D eigenvalue weighted by atomic mass is 19.1. The van der Waals surface area contributed by atoms with E-state index in [2.05, 4.69) is 4.98 Å². The number of carboxylic acid groups (broad SMARTS) is 1. The molecular weight excluding hydrogens is 369 g/mol. The third-order valence-electron chi connectivity index (χ3n) is 5.47. The van der Waals surface area contributed by atoms with Crippen LogP contribution in [-0.2, 0) is 11.2 Å². The molecule has 3 aromatic carbocycles. The van der Waals surface area contributed by atoms with Crippen molar-refractivity contribution in [1.29, 1.82) is 0 Å². The van der Waals surface area contributed by atoms with Crippen molar-refractivity contribution in [2.24, 2.45) is 0 Å². The van der Waals surface area contributed by atoms with Crippen molar-refractivity contribution in [3.05, 3.63) is 70.5 Å². The molecule has 2 N–H and O–H groups in total. The first-order chi connectivity index (χ1) is 13.8. The molecular formula is C24H20FNO3. The lowest BCUT2D eigenvalue weighted by Gasteiger charge is -2.20. The summed E-state index contributed by atoms with van der Waals surface area (Å²) in [4.78, 5) is 16.0. The molecule has 0 unspecified atom stereocenters. The minimum atomic E-state index is -0.948. The molecule has 0 fully saturated rings. The molecule has 1 heterocycles. The number of aromatic hydroxyl groups is 1. The summed E-state index contributed by atoms with van der Waals surface area (Å²) in [6, 6.07) is 12.1. The molecule has 1 aromatic heterocycles. The van der Waals surface area contributed by atoms with Crippen LogP contribution in [0.3, 0.4) is 0 Å². The Morgan fingerprint density at radius 1 is 1.00 bits per heavy atom. The summed E-state index contributed by atoms with van der Waals surface area (Å²) in [7, 11) is 0. The summed E-state index contributed by atoms with van der Waals surface area (Å²) >= 11 is 0. The maximum atomic E-state index is 14.1. The quantitative estimate of drug-likeness (QED) is 0.457. The lowest BCUT2D eigenvalue weighted by molar-refractivity contribution is -0.136. The number of fused-ring (bicyclic) bond motifs is 3. The summed E-state index contributed by atoms with van der Waals surface area (Å²) < 4.78 is 14.1. The van der Waals surface area contributed by atoms with Gasteiger partial charge in [-0.2, -0.15) is 0 Å². The van der Waals surface area contributed by atoms with E-state index in [1.807, 2.05) is 38.1 Å². The highest BCUT2D eigenvalue weighted by Crippen LogP contribution is 2.41. The van der Waals surface area contributed by atoms with E-state index >= 15 is 0 Å². The van der Waals surface area contributed by atoms with E-state index in [-0.39, 0.29) is 12.3 Å². The summed E-state index contributed by atoms with van der Waals surface area (Å²) in [6.07, 6.45) is -0.171. The summed E-state index contributed by atoms with van der Waals surface area (Å²) in [5.41, 5.74) is 5.43. The van der Waals surface area contributed by atoms with E-state index in [1.54, 1.807) is 6.92 Å². The van der Waals surface area contributed by atoms with Crippen LogP contribution in [0.1, 0.15) is 22.3 Å². The number of hydrogen-bond acceptors (Lipinski definition) is 3. The fraction of sp³-hybridized carbons (Fsp3) is 0.167. The summed E-state index contributed by atoms with van der Waals surface area (Å²) in [5, 5.41) is 21.7. The second-order valence-corrected chi connectivity index (χ2v) is 7.39. The fourth-order valence-corrected chi connectivity index (χ4v) is 4.08. The molecule has 4 aromatic rings. The van der Waals surface area contributed by atoms with E-state index in [0.29, 0.717) is 27.4 Å². The second-order valence-electron chi connectivity index (χ2n) is 7.39. The maximum Gasteiger partial charge on any atom is 0.307 e. The second kappa shape index (κ2) is 6.85. The number of rotatable bonds is 3. The van der Waals surface area contributed by atoms with Crippen LogP contribution in [0, 0.1) is 26.6 Å². The van der Waals surface area contributed by atoms with Gasteiger partial charge in [0.25, 0.3) is 0 Å². The van der Waals surface area contributed by atoms with Crippen LogP contribution in [0.2, 0.25) is 0 Å². The zero-order chi connectivity index (χ0) is 20.9. The maximum absolute atomic E-state index is 14.1. The van der Waals surface area contributed by atoms with E-state index in [9.17, 15) is 19.4 Å². The van der Waals surface area contributed by atoms with E-state index < -0.39 is 11.8 Å². The van der Waals surface area contributed by atoms with Gasteiger partial charge in [0.1, 0.15) is 5.82 Å². The molecule has 29 heavy (non-hydrogen) atoms. The van der Waals surface area contributed by atoms with Crippen LogP contribution in [-0.4, -0.2) is 21.2 Å². The number of halogens is 1. The number of aromatic nitrogens is 1. The lowest BCUT2D eigenvalue weighted by Crippen LogP contribution is -2.07. The molecule has 0 aliphatic rings. The van der Waals surface area contributed by atoms with Crippen molar-refractivity contribution in [2.45, 2.75) is 27.2 Å². The molecule has 0 atom stereocenters. The lowest BCUT2D eigenvalue weighted by atomic mass is 9.85. The van der Waals surface area contributed by atoms with Crippen molar-refractivity contribution in [3.63, 3.8) is 0 Å². The molecule has 0 saturated heterocycles. The standard InChI is InChI=1S/C24H20FNO3/c1-12-4-6-15(7-5-12)21-14(3)22-19-10-16(25)8-9-17(19)24(29)26-23(22)13(2)18(21)11-20(27)28/h4-10H,11H2,1-3H3,(H,26,29)(H,27,28). The fourth-order valence-electron chi connectivity index (χ4n) is 4.08. The molecule has 0 amide bonds. The van der Waals surface area contributed by atoms with E-state index in [0.717, 1.165) is 27.6 Å². The molecule has 0 spiro atoms. The average Bonchev–Trinajstić information content (AvgIpc) is 2.66. The van der Waals surface area contributed by atoms with Crippen LogP contribution in [0.4, 0.5) is 4.39 Å². The van der Waals surface area contributed by atoms with Gasteiger partial charge in [-0.05, 0) is 72.2 Å². The summed E-state index contributed by atoms with van der Waals surface area (Å²) in [6.45, 7) is 5.68. The Kier molecular flexibility index (Phi) is 4.46. The van der Waals surface area contributed by atoms with Gasteiger partial charge in [0, 0.05) is 10.8 Å². The smallest absolute Gasteiger partial charge is 0.307 e. The van der Waals surface area contributed by atoms with E-state index in [4.69, 9.17) is 0 Å². The Bertz CT molecular complexity index is 1290. The molecule has 4 nitrogen and oxygen atoms in total. The van der Waals surface area contributed by atoms with Gasteiger partial charge in [-0.15, -0.1) is 0 Å². The van der Waals surface area contributed by atoms with Crippen molar-refractivity contribution < 1.29 is 19.4 Å². The Balaban J connectivity index is 2.23. The average molecular weight is 389 g/mol. The Morgan fingerprint density at radius 2 is 1.69 bits per heavy atom. The van der Waals surface area contributed by atoms with Gasteiger partial charge in [0.15, 0.2) is 0 Å². The number of carbonyl (C=O) groups is 1. The van der Waals surface area contributed by atoms with Crippen molar-refractivity contribution in [2.75, 3.05) is 0 Å². The van der Waals surface area contributed by atoms with Crippen LogP contribution >= 0.6 is 0 Å². The monoisotopic (exact) mass is 389 g/mol. The molecule has 0 bridgehead atoms. The van der Waals surface area contributed by atoms with Crippen LogP contribution in [0.25, 0.3) is 32.8 Å². The van der Waals surface area contributed by atoms with Gasteiger partial charge >= 0.3 is 5.97 Å². The normalized spacial score (nSPS) is 11.3. The molecule has 0 aliphatic carbocycles. The minimum Gasteiger partial charge on any atom is -0.493 e. The number of benzene rings is 3. The van der Waals surface area contributed by atoms with Gasteiger partial charge in [0.2, 0.25) is 5.88 Å². The Labute approximate surface area is 167 Å². The first-order valence-electron chi connectivity index (χ1n) is 9.30. The predicted octanol–water partition coefficient (Wildman–Crippen LogP) is 5.45. The first kappa shape index (κ1) is 18.9. The van der Waals surface area contributed by atoms with Gasteiger partial charge in [-0.3, -0.25) is 4.79 Å². The van der Waals surface area contributed by atoms with Crippen molar-refractivity contribution in [1.82, 2.24) is 4.98 Å². The number of aryl methyl sites for hydroxylation is 3. The molecule has 4 rings (SSSR count). The van der Waals surface area contributed by atoms with Crippen molar-refractivity contribution >= 4 is 27.6 Å². The van der Waals surface area contributed by atoms with Gasteiger partial charge in [-0.1, -0.05) is 29.8 Å². The van der Waals surface area contributed by atoms with Crippen LogP contribution in [0.5, 0.6) is 5.88 Å². The third kappa shape index (κ3) is 3.09. The Hall–Kier alpha value is -3.47. The predicted molar refractivity (Wildman–Crippen MR) is 112 cm³/mol. The van der Waals surface area contributed by atoms with E-state index in [1.165, 1.54) is 18.2 Å². The van der Waals surface area contributed by atoms with Gasteiger partial charge < -0.3 is 10.2 Å². The summed E-state index contributed by atoms with van der Waals surface area (Å²) in [5.74, 6) is -1.55. The minimum absolute atomic E-state index is 0.171. The van der Waals surface area contributed by atoms with Crippen LogP contribution < -0.4 is 0 Å². The van der Waals surface area contributed by atoms with Crippen LogP contribution in [0.15, 0.2) is 42.5 Å². The SMILES string of the molecule is Cc1ccc(-c2c(CC(=O)O)c(C)c3nc(O)c4ccc(F)cc4c3c2C)cc1. The topological polar surface area (TPSA) is 70.4 Å². The third-order valence-corrected chi connectivity index (χ3v) is 5.47. The molecule has 0 saturated carbocycles. The highest BCUT2D eigenvalue weighted by Gasteiger charge is 2.22. The number of hydrogen-bond donors (Lipinski definition) is 2. The number of carboxylic acids is 1. The van der Waals surface area contributed by atoms with Crippen molar-refractivity contribution in [3.8, 4) is 17.0 Å². The molecule has 5 heteroatoms. The van der Waals surface area contributed by atoms with Gasteiger partial charge in [0.05, 0.1) is 11.9 Å². The molecule has 146 valence electrons. The number of nitrogens with zero attached hydrogens (tertiary/aromatic N) is 1.